The Bertz CT molecular complexity index is 1060. The molecular formula is C21H24F3N5O2. The predicted octanol–water partition coefficient (Wildman–Crippen LogP) is 4.04. The number of fused-ring (bicyclic) bond motifs is 1. The van der Waals surface area contributed by atoms with E-state index < -0.39 is 11.7 Å². The normalized spacial score (nSPS) is 18.5. The lowest BCUT2D eigenvalue weighted by Gasteiger charge is -2.33. The number of aromatic nitrogens is 4. The zero-order valence-corrected chi connectivity index (χ0v) is 17.4. The molecule has 3 aromatic rings. The molecule has 0 saturated carbocycles. The zero-order chi connectivity index (χ0) is 22.2. The molecule has 1 aliphatic rings. The molecule has 1 aliphatic heterocycles. The molecule has 0 bridgehead atoms. The van der Waals surface area contributed by atoms with Gasteiger partial charge in [-0.05, 0) is 31.4 Å². The number of nitrogens with zero attached hydrogens (tertiary/aromatic N) is 5. The lowest BCUT2D eigenvalue weighted by Crippen LogP contribution is -2.42. The largest absolute Gasteiger partial charge is 0.417 e. The molecule has 4 rings (SSSR count). The quantitative estimate of drug-likeness (QED) is 0.605. The lowest BCUT2D eigenvalue weighted by atomic mass is 9.91. The molecule has 1 amide bonds. The highest BCUT2D eigenvalue weighted by atomic mass is 19.4. The van der Waals surface area contributed by atoms with Crippen LogP contribution >= 0.6 is 0 Å². The second-order valence-electron chi connectivity index (χ2n) is 8.01. The Kier molecular flexibility index (Phi) is 5.72. The molecule has 0 aromatic carbocycles. The van der Waals surface area contributed by atoms with E-state index in [0.29, 0.717) is 44.6 Å². The second-order valence-corrected chi connectivity index (χ2v) is 8.01. The van der Waals surface area contributed by atoms with Crippen LogP contribution in [0.3, 0.4) is 0 Å². The van der Waals surface area contributed by atoms with Gasteiger partial charge in [-0.1, -0.05) is 19.0 Å². The first-order valence-corrected chi connectivity index (χ1v) is 10.4. The maximum atomic E-state index is 13.8. The minimum Gasteiger partial charge on any atom is -0.342 e. The minimum absolute atomic E-state index is 0.0459. The summed E-state index contributed by atoms with van der Waals surface area (Å²) in [5, 5.41) is 8.02. The molecule has 2 atom stereocenters. The fourth-order valence-electron chi connectivity index (χ4n) is 4.19. The summed E-state index contributed by atoms with van der Waals surface area (Å²) in [4.78, 5) is 18.9. The van der Waals surface area contributed by atoms with Crippen molar-refractivity contribution in [3.8, 4) is 0 Å². The Morgan fingerprint density at radius 3 is 2.87 bits per heavy atom. The third-order valence-electron chi connectivity index (χ3n) is 5.75. The van der Waals surface area contributed by atoms with Gasteiger partial charge >= 0.3 is 6.18 Å². The monoisotopic (exact) mass is 435 g/mol. The third kappa shape index (κ3) is 4.28. The van der Waals surface area contributed by atoms with E-state index in [9.17, 15) is 18.0 Å². The average molecular weight is 435 g/mol. The molecule has 7 nitrogen and oxygen atoms in total. The van der Waals surface area contributed by atoms with Gasteiger partial charge in [-0.2, -0.15) is 18.3 Å². The second kappa shape index (κ2) is 8.32. The van der Waals surface area contributed by atoms with Crippen LogP contribution in [0.2, 0.25) is 0 Å². The molecule has 3 aromatic heterocycles. The van der Waals surface area contributed by atoms with Crippen LogP contribution in [-0.4, -0.2) is 43.8 Å². The molecular weight excluding hydrogens is 411 g/mol. The third-order valence-corrected chi connectivity index (χ3v) is 5.75. The standard InChI is InChI=1S/C21H24F3N5O2/c1-3-15-10-16(21(22,23)24)17-18(27-31-19(17)26-15)14-6-4-8-28(12-14)20(30)13(2)11-29-9-5-7-25-29/h5,7,9-10,13-14H,3-4,6,8,11-12H2,1-2H3/t13-,14-/m1/s1. The number of hydrogen-bond acceptors (Lipinski definition) is 5. The molecule has 4 heterocycles. The predicted molar refractivity (Wildman–Crippen MR) is 106 cm³/mol. The van der Waals surface area contributed by atoms with Crippen molar-refractivity contribution >= 4 is 17.0 Å². The molecule has 0 spiro atoms. The zero-order valence-electron chi connectivity index (χ0n) is 17.4. The number of likely N-dealkylation sites (tertiary alicyclic amines) is 1. The van der Waals surface area contributed by atoms with E-state index >= 15 is 0 Å². The maximum absolute atomic E-state index is 13.8. The van der Waals surface area contributed by atoms with E-state index in [1.165, 1.54) is 0 Å². The van der Waals surface area contributed by atoms with E-state index in [1.54, 1.807) is 35.0 Å². The van der Waals surface area contributed by atoms with E-state index in [2.05, 4.69) is 15.2 Å². The van der Waals surface area contributed by atoms with Crippen LogP contribution in [0.15, 0.2) is 29.0 Å². The van der Waals surface area contributed by atoms with Gasteiger partial charge in [0.25, 0.3) is 5.71 Å². The molecule has 0 unspecified atom stereocenters. The number of amides is 1. The van der Waals surface area contributed by atoms with Crippen LogP contribution in [-0.2, 0) is 23.9 Å². The number of carbonyl (C=O) groups is 1. The van der Waals surface area contributed by atoms with Crippen LogP contribution in [0.1, 0.15) is 49.6 Å². The van der Waals surface area contributed by atoms with Crippen molar-refractivity contribution in [3.63, 3.8) is 0 Å². The summed E-state index contributed by atoms with van der Waals surface area (Å²) in [5.74, 6) is -0.686. The topological polar surface area (TPSA) is 77.0 Å². The molecule has 1 saturated heterocycles. The number of hydrogen-bond donors (Lipinski definition) is 0. The van der Waals surface area contributed by atoms with E-state index in [4.69, 9.17) is 4.52 Å². The Morgan fingerprint density at radius 2 is 2.19 bits per heavy atom. The van der Waals surface area contributed by atoms with E-state index in [0.717, 1.165) is 6.07 Å². The molecule has 0 aliphatic carbocycles. The van der Waals surface area contributed by atoms with E-state index in [1.807, 2.05) is 6.92 Å². The van der Waals surface area contributed by atoms with Crippen molar-refractivity contribution < 1.29 is 22.5 Å². The molecule has 166 valence electrons. The first-order valence-electron chi connectivity index (χ1n) is 10.4. The smallest absolute Gasteiger partial charge is 0.342 e. The fraction of sp³-hybridized carbons (Fsp3) is 0.524. The Balaban J connectivity index is 1.60. The molecule has 0 radical (unpaired) electrons. The Labute approximate surface area is 177 Å². The molecule has 31 heavy (non-hydrogen) atoms. The van der Waals surface area contributed by atoms with Gasteiger partial charge in [0, 0.05) is 37.1 Å². The van der Waals surface area contributed by atoms with Crippen molar-refractivity contribution in [2.75, 3.05) is 13.1 Å². The number of carbonyl (C=O) groups excluding carboxylic acids is 1. The van der Waals surface area contributed by atoms with Gasteiger partial charge in [-0.15, -0.1) is 0 Å². The molecule has 1 fully saturated rings. The van der Waals surface area contributed by atoms with Crippen molar-refractivity contribution in [1.82, 2.24) is 24.8 Å². The van der Waals surface area contributed by atoms with Crippen molar-refractivity contribution in [2.24, 2.45) is 5.92 Å². The SMILES string of the molecule is CCc1cc(C(F)(F)F)c2c([C@@H]3CCCN(C(=O)[C@H](C)Cn4cccn4)C3)noc2n1. The minimum atomic E-state index is -4.55. The first kappa shape index (κ1) is 21.3. The van der Waals surface area contributed by atoms with Gasteiger partial charge in [0.2, 0.25) is 5.91 Å². The lowest BCUT2D eigenvalue weighted by molar-refractivity contribution is -0.137. The van der Waals surface area contributed by atoms with Crippen LogP contribution in [0.25, 0.3) is 11.1 Å². The number of aryl methyl sites for hydroxylation is 1. The average Bonchev–Trinajstić information content (AvgIpc) is 3.41. The van der Waals surface area contributed by atoms with Crippen LogP contribution in [0.4, 0.5) is 13.2 Å². The van der Waals surface area contributed by atoms with Crippen molar-refractivity contribution in [2.45, 2.75) is 51.7 Å². The number of halogens is 3. The highest BCUT2D eigenvalue weighted by Crippen LogP contribution is 2.40. The van der Waals surface area contributed by atoms with Crippen LogP contribution in [0.5, 0.6) is 0 Å². The fourth-order valence-corrected chi connectivity index (χ4v) is 4.19. The van der Waals surface area contributed by atoms with Gasteiger partial charge in [-0.3, -0.25) is 9.48 Å². The van der Waals surface area contributed by atoms with Gasteiger partial charge in [-0.25, -0.2) is 4.98 Å². The summed E-state index contributed by atoms with van der Waals surface area (Å²) in [6, 6.07) is 2.86. The number of rotatable bonds is 5. The van der Waals surface area contributed by atoms with Gasteiger partial charge < -0.3 is 9.42 Å². The summed E-state index contributed by atoms with van der Waals surface area (Å²) in [7, 11) is 0. The van der Waals surface area contributed by atoms with Gasteiger partial charge in [0.05, 0.1) is 29.1 Å². The Morgan fingerprint density at radius 1 is 1.39 bits per heavy atom. The molecule has 0 N–H and O–H groups in total. The van der Waals surface area contributed by atoms with Crippen LogP contribution in [0, 0.1) is 5.92 Å². The number of alkyl halides is 3. The highest BCUT2D eigenvalue weighted by molar-refractivity contribution is 5.82. The maximum Gasteiger partial charge on any atom is 0.417 e. The number of pyridine rings is 1. The van der Waals surface area contributed by atoms with Gasteiger partial charge in [0.1, 0.15) is 0 Å². The summed E-state index contributed by atoms with van der Waals surface area (Å²) < 4.78 is 48.3. The number of piperidine rings is 1. The van der Waals surface area contributed by atoms with Crippen LogP contribution < -0.4 is 0 Å². The van der Waals surface area contributed by atoms with Gasteiger partial charge in [0.15, 0.2) is 0 Å². The summed E-state index contributed by atoms with van der Waals surface area (Å²) in [5.41, 5.74) is -0.344. The van der Waals surface area contributed by atoms with Crippen molar-refractivity contribution in [3.05, 3.63) is 41.5 Å². The van der Waals surface area contributed by atoms with E-state index in [-0.39, 0.29) is 34.5 Å². The summed E-state index contributed by atoms with van der Waals surface area (Å²) in [6.07, 6.45) is 0.566. The Hall–Kier alpha value is -2.91. The summed E-state index contributed by atoms with van der Waals surface area (Å²) in [6.45, 7) is 4.88. The summed E-state index contributed by atoms with van der Waals surface area (Å²) >= 11 is 0. The highest BCUT2D eigenvalue weighted by Gasteiger charge is 2.38. The first-order chi connectivity index (χ1) is 14.8. The molecule has 10 heteroatoms. The van der Waals surface area contributed by atoms with Crippen molar-refractivity contribution in [1.29, 1.82) is 0 Å².